The van der Waals surface area contributed by atoms with Crippen molar-refractivity contribution in [2.45, 2.75) is 13.0 Å². The van der Waals surface area contributed by atoms with Crippen LogP contribution in [0.5, 0.6) is 0 Å². The lowest BCUT2D eigenvalue weighted by molar-refractivity contribution is 0.866. The Morgan fingerprint density at radius 1 is 1.33 bits per heavy atom. The standard InChI is InChI=1S/C11H11BrN2S/c1-7-2-9(6-15-7)11(13)8-3-10(12)5-14-4-8/h2-6,11H,13H2,1H3. The topological polar surface area (TPSA) is 38.9 Å². The van der Waals surface area contributed by atoms with E-state index in [0.29, 0.717) is 0 Å². The highest BCUT2D eigenvalue weighted by Gasteiger charge is 2.10. The maximum absolute atomic E-state index is 6.14. The van der Waals surface area contributed by atoms with Crippen LogP contribution in [0, 0.1) is 6.92 Å². The smallest absolute Gasteiger partial charge is 0.0575 e. The third kappa shape index (κ3) is 2.45. The first-order valence-electron chi connectivity index (χ1n) is 4.58. The Hall–Kier alpha value is -0.710. The summed E-state index contributed by atoms with van der Waals surface area (Å²) < 4.78 is 0.961. The minimum absolute atomic E-state index is 0.0834. The molecule has 2 heterocycles. The molecule has 0 saturated carbocycles. The molecule has 0 bridgehead atoms. The SMILES string of the molecule is Cc1cc(C(N)c2cncc(Br)c2)cs1. The molecule has 0 aliphatic heterocycles. The molecule has 1 atom stereocenters. The highest BCUT2D eigenvalue weighted by Crippen LogP contribution is 2.25. The molecule has 2 nitrogen and oxygen atoms in total. The van der Waals surface area contributed by atoms with Crippen molar-refractivity contribution < 1.29 is 0 Å². The number of rotatable bonds is 2. The van der Waals surface area contributed by atoms with Crippen LogP contribution in [-0.4, -0.2) is 4.98 Å². The van der Waals surface area contributed by atoms with Crippen LogP contribution in [0.4, 0.5) is 0 Å². The molecule has 2 aromatic rings. The molecule has 0 radical (unpaired) electrons. The molecular formula is C11H11BrN2S. The van der Waals surface area contributed by atoms with Crippen LogP contribution in [0.3, 0.4) is 0 Å². The third-order valence-corrected chi connectivity index (χ3v) is 3.51. The fourth-order valence-corrected chi connectivity index (χ4v) is 2.54. The Morgan fingerprint density at radius 3 is 2.73 bits per heavy atom. The van der Waals surface area contributed by atoms with Crippen molar-refractivity contribution in [2.75, 3.05) is 0 Å². The summed E-state index contributed by atoms with van der Waals surface area (Å²) in [5, 5.41) is 2.10. The molecule has 4 heteroatoms. The summed E-state index contributed by atoms with van der Waals surface area (Å²) in [4.78, 5) is 5.40. The van der Waals surface area contributed by atoms with Gasteiger partial charge in [-0.1, -0.05) is 0 Å². The molecule has 0 aliphatic rings. The van der Waals surface area contributed by atoms with E-state index in [-0.39, 0.29) is 6.04 Å². The van der Waals surface area contributed by atoms with Gasteiger partial charge in [-0.05, 0) is 51.5 Å². The number of nitrogens with two attached hydrogens (primary N) is 1. The maximum atomic E-state index is 6.14. The van der Waals surface area contributed by atoms with E-state index in [2.05, 4.69) is 39.3 Å². The molecule has 0 fully saturated rings. The summed E-state index contributed by atoms with van der Waals surface area (Å²) in [6.45, 7) is 2.08. The molecule has 0 aromatic carbocycles. The lowest BCUT2D eigenvalue weighted by Crippen LogP contribution is -2.11. The van der Waals surface area contributed by atoms with Gasteiger partial charge < -0.3 is 5.73 Å². The van der Waals surface area contributed by atoms with Gasteiger partial charge in [0.15, 0.2) is 0 Å². The summed E-state index contributed by atoms with van der Waals surface area (Å²) in [7, 11) is 0. The van der Waals surface area contributed by atoms with Crippen LogP contribution in [0.1, 0.15) is 22.0 Å². The number of pyridine rings is 1. The van der Waals surface area contributed by atoms with Crippen LogP contribution in [-0.2, 0) is 0 Å². The fourth-order valence-electron chi connectivity index (χ4n) is 1.42. The van der Waals surface area contributed by atoms with Crippen molar-refractivity contribution >= 4 is 27.3 Å². The number of hydrogen-bond donors (Lipinski definition) is 1. The van der Waals surface area contributed by atoms with Gasteiger partial charge in [0.2, 0.25) is 0 Å². The molecule has 0 saturated heterocycles. The number of hydrogen-bond acceptors (Lipinski definition) is 3. The summed E-state index contributed by atoms with van der Waals surface area (Å²) in [5.41, 5.74) is 8.32. The van der Waals surface area contributed by atoms with Crippen LogP contribution < -0.4 is 5.73 Å². The van der Waals surface area contributed by atoms with E-state index in [9.17, 15) is 0 Å². The molecule has 0 spiro atoms. The van der Waals surface area contributed by atoms with E-state index in [4.69, 9.17) is 5.73 Å². The van der Waals surface area contributed by atoms with Crippen molar-refractivity contribution in [3.05, 3.63) is 50.4 Å². The summed E-state index contributed by atoms with van der Waals surface area (Å²) >= 11 is 5.11. The molecule has 1 unspecified atom stereocenters. The van der Waals surface area contributed by atoms with Gasteiger partial charge in [0.1, 0.15) is 0 Å². The van der Waals surface area contributed by atoms with Gasteiger partial charge in [-0.15, -0.1) is 11.3 Å². The maximum Gasteiger partial charge on any atom is 0.0575 e. The summed E-state index contributed by atoms with van der Waals surface area (Å²) in [5.74, 6) is 0. The quantitative estimate of drug-likeness (QED) is 0.918. The Labute approximate surface area is 101 Å². The minimum Gasteiger partial charge on any atom is -0.320 e. The monoisotopic (exact) mass is 282 g/mol. The van der Waals surface area contributed by atoms with Crippen molar-refractivity contribution in [2.24, 2.45) is 5.73 Å². The molecule has 0 aliphatic carbocycles. The minimum atomic E-state index is -0.0834. The lowest BCUT2D eigenvalue weighted by Gasteiger charge is -2.09. The molecule has 0 amide bonds. The van der Waals surface area contributed by atoms with E-state index in [1.54, 1.807) is 17.5 Å². The second kappa shape index (κ2) is 4.43. The van der Waals surface area contributed by atoms with E-state index < -0.39 is 0 Å². The third-order valence-electron chi connectivity index (χ3n) is 2.20. The Bertz CT molecular complexity index is 467. The van der Waals surface area contributed by atoms with Crippen LogP contribution >= 0.6 is 27.3 Å². The Morgan fingerprint density at radius 2 is 2.13 bits per heavy atom. The van der Waals surface area contributed by atoms with Gasteiger partial charge in [-0.3, -0.25) is 4.98 Å². The van der Waals surface area contributed by atoms with E-state index in [1.165, 1.54) is 4.88 Å². The zero-order valence-corrected chi connectivity index (χ0v) is 10.7. The summed E-state index contributed by atoms with van der Waals surface area (Å²) in [6.07, 6.45) is 3.57. The molecule has 2 aromatic heterocycles. The van der Waals surface area contributed by atoms with Crippen LogP contribution in [0.15, 0.2) is 34.4 Å². The zero-order valence-electron chi connectivity index (χ0n) is 8.27. The second-order valence-electron chi connectivity index (χ2n) is 3.40. The number of aromatic nitrogens is 1. The zero-order chi connectivity index (χ0) is 10.8. The fraction of sp³-hybridized carbons (Fsp3) is 0.182. The van der Waals surface area contributed by atoms with Crippen molar-refractivity contribution in [3.8, 4) is 0 Å². The van der Waals surface area contributed by atoms with E-state index in [0.717, 1.165) is 15.6 Å². The highest BCUT2D eigenvalue weighted by atomic mass is 79.9. The van der Waals surface area contributed by atoms with E-state index in [1.807, 2.05) is 12.3 Å². The molecule has 2 rings (SSSR count). The largest absolute Gasteiger partial charge is 0.320 e. The first kappa shape index (κ1) is 10.8. The number of halogens is 1. The average Bonchev–Trinajstić information content (AvgIpc) is 2.64. The molecule has 2 N–H and O–H groups in total. The summed E-state index contributed by atoms with van der Waals surface area (Å²) in [6, 6.07) is 4.04. The van der Waals surface area contributed by atoms with Crippen molar-refractivity contribution in [1.82, 2.24) is 4.98 Å². The van der Waals surface area contributed by atoms with Gasteiger partial charge in [0.25, 0.3) is 0 Å². The number of nitrogens with zero attached hydrogens (tertiary/aromatic N) is 1. The predicted molar refractivity (Wildman–Crippen MR) is 67.0 cm³/mol. The van der Waals surface area contributed by atoms with E-state index >= 15 is 0 Å². The first-order valence-corrected chi connectivity index (χ1v) is 6.25. The van der Waals surface area contributed by atoms with Gasteiger partial charge in [-0.2, -0.15) is 0 Å². The van der Waals surface area contributed by atoms with Crippen molar-refractivity contribution in [1.29, 1.82) is 0 Å². The van der Waals surface area contributed by atoms with Gasteiger partial charge in [0, 0.05) is 21.7 Å². The van der Waals surface area contributed by atoms with Crippen LogP contribution in [0.2, 0.25) is 0 Å². The number of thiophene rings is 1. The highest BCUT2D eigenvalue weighted by molar-refractivity contribution is 9.10. The lowest BCUT2D eigenvalue weighted by atomic mass is 10.0. The molecular weight excluding hydrogens is 272 g/mol. The second-order valence-corrected chi connectivity index (χ2v) is 5.44. The predicted octanol–water partition coefficient (Wildman–Crippen LogP) is 3.26. The van der Waals surface area contributed by atoms with Gasteiger partial charge >= 0.3 is 0 Å². The Balaban J connectivity index is 2.32. The Kier molecular flexibility index (Phi) is 3.19. The van der Waals surface area contributed by atoms with Crippen molar-refractivity contribution in [3.63, 3.8) is 0 Å². The van der Waals surface area contributed by atoms with Gasteiger partial charge in [-0.25, -0.2) is 0 Å². The van der Waals surface area contributed by atoms with Crippen LogP contribution in [0.25, 0.3) is 0 Å². The number of aryl methyl sites for hydroxylation is 1. The molecule has 15 heavy (non-hydrogen) atoms. The first-order chi connectivity index (χ1) is 7.16. The average molecular weight is 283 g/mol. The van der Waals surface area contributed by atoms with Gasteiger partial charge in [0.05, 0.1) is 6.04 Å². The normalized spacial score (nSPS) is 12.7. The molecule has 78 valence electrons.